The third-order valence-electron chi connectivity index (χ3n) is 1.18. The van der Waals surface area contributed by atoms with Gasteiger partial charge in [0.1, 0.15) is 5.69 Å². The molecule has 0 spiro atoms. The Balaban J connectivity index is 3.26. The third-order valence-corrected chi connectivity index (χ3v) is 1.37. The van der Waals surface area contributed by atoms with E-state index in [1.54, 1.807) is 0 Å². The number of aromatic nitrogens is 2. The number of rotatable bonds is 1. The number of nitrogens with zero attached hydrogens (tertiary/aromatic N) is 2. The van der Waals surface area contributed by atoms with Gasteiger partial charge in [-0.15, -0.1) is 0 Å². The Bertz CT molecular complexity index is 345. The van der Waals surface area contributed by atoms with E-state index in [4.69, 9.17) is 11.6 Å². The number of hydrogen-bond donors (Lipinski definition) is 0. The Hall–Kier alpha value is -1.16. The van der Waals surface area contributed by atoms with E-state index in [0.717, 1.165) is 6.20 Å². The van der Waals surface area contributed by atoms with Gasteiger partial charge in [0, 0.05) is 13.2 Å². The lowest BCUT2D eigenvalue weighted by atomic mass is 10.5. The van der Waals surface area contributed by atoms with Crippen LogP contribution >= 0.6 is 11.6 Å². The highest BCUT2D eigenvalue weighted by molar-refractivity contribution is 6.67. The summed E-state index contributed by atoms with van der Waals surface area (Å²) in [5.74, 6) is 0. The van der Waals surface area contributed by atoms with Crippen molar-refractivity contribution in [1.29, 1.82) is 0 Å². The van der Waals surface area contributed by atoms with Gasteiger partial charge in [0.15, 0.2) is 0 Å². The Morgan fingerprint density at radius 3 is 2.82 bits per heavy atom. The summed E-state index contributed by atoms with van der Waals surface area (Å²) in [6.45, 7) is 0. The van der Waals surface area contributed by atoms with E-state index in [9.17, 15) is 9.59 Å². The summed E-state index contributed by atoms with van der Waals surface area (Å²) in [6, 6.07) is 0. The molecule has 1 rings (SSSR count). The first-order valence-corrected chi connectivity index (χ1v) is 3.21. The van der Waals surface area contributed by atoms with E-state index in [1.807, 2.05) is 0 Å². The second-order valence-electron chi connectivity index (χ2n) is 2.00. The second-order valence-corrected chi connectivity index (χ2v) is 2.34. The predicted molar refractivity (Wildman–Crippen MR) is 39.7 cm³/mol. The van der Waals surface area contributed by atoms with Crippen LogP contribution in [-0.4, -0.2) is 14.8 Å². The molecule has 0 amide bonds. The zero-order valence-electron chi connectivity index (χ0n) is 5.74. The van der Waals surface area contributed by atoms with Crippen LogP contribution < -0.4 is 5.56 Å². The van der Waals surface area contributed by atoms with Gasteiger partial charge in [0.25, 0.3) is 10.8 Å². The fourth-order valence-corrected chi connectivity index (χ4v) is 0.695. The molecule has 4 nitrogen and oxygen atoms in total. The van der Waals surface area contributed by atoms with E-state index >= 15 is 0 Å². The molecule has 0 saturated heterocycles. The van der Waals surface area contributed by atoms with E-state index in [2.05, 4.69) is 4.98 Å². The Labute approximate surface area is 67.4 Å². The minimum atomic E-state index is -0.666. The van der Waals surface area contributed by atoms with Crippen LogP contribution in [0.15, 0.2) is 17.2 Å². The molecule has 5 heteroatoms. The van der Waals surface area contributed by atoms with Gasteiger partial charge in [0.05, 0.1) is 6.20 Å². The first-order valence-electron chi connectivity index (χ1n) is 2.84. The molecule has 0 aromatic carbocycles. The van der Waals surface area contributed by atoms with Crippen molar-refractivity contribution < 1.29 is 4.79 Å². The molecule has 0 radical (unpaired) electrons. The van der Waals surface area contributed by atoms with E-state index in [-0.39, 0.29) is 11.3 Å². The fourth-order valence-electron chi connectivity index (χ4n) is 0.598. The number of hydrogen-bond acceptors (Lipinski definition) is 3. The lowest BCUT2D eigenvalue weighted by Crippen LogP contribution is -2.17. The number of halogens is 1. The maximum atomic E-state index is 10.7. The topological polar surface area (TPSA) is 52.0 Å². The van der Waals surface area contributed by atoms with Crippen LogP contribution in [0.3, 0.4) is 0 Å². The molecule has 0 unspecified atom stereocenters. The molecule has 0 saturated carbocycles. The molecule has 1 aromatic heterocycles. The predicted octanol–water partition coefficient (Wildman–Crippen LogP) is 0.159. The normalized spacial score (nSPS) is 9.64. The molecule has 0 aliphatic carbocycles. The molecule has 1 heterocycles. The molecule has 0 aliphatic heterocycles. The zero-order chi connectivity index (χ0) is 8.43. The third kappa shape index (κ3) is 1.65. The minimum absolute atomic E-state index is 0.0776. The number of carbonyl (C=O) groups is 1. The van der Waals surface area contributed by atoms with Gasteiger partial charge >= 0.3 is 0 Å². The van der Waals surface area contributed by atoms with Crippen molar-refractivity contribution in [2.24, 2.45) is 7.05 Å². The van der Waals surface area contributed by atoms with E-state index < -0.39 is 5.24 Å². The molecule has 11 heavy (non-hydrogen) atoms. The van der Waals surface area contributed by atoms with Gasteiger partial charge in [-0.2, -0.15) is 0 Å². The summed E-state index contributed by atoms with van der Waals surface area (Å²) in [5.41, 5.74) is -0.194. The fraction of sp³-hybridized carbons (Fsp3) is 0.167. The first-order chi connectivity index (χ1) is 5.11. The van der Waals surface area contributed by atoms with Gasteiger partial charge in [-0.05, 0) is 11.6 Å². The number of carbonyl (C=O) groups excluding carboxylic acids is 1. The molecule has 58 valence electrons. The maximum Gasteiger partial charge on any atom is 0.272 e. The molecular weight excluding hydrogens is 168 g/mol. The van der Waals surface area contributed by atoms with E-state index in [0.29, 0.717) is 0 Å². The smallest absolute Gasteiger partial charge is 0.272 e. The SMILES string of the molecule is Cn1cc(C(=O)Cl)ncc1=O. The Morgan fingerprint density at radius 1 is 1.73 bits per heavy atom. The maximum absolute atomic E-state index is 10.7. The molecular formula is C6H5ClN2O2. The number of aryl methyl sites for hydroxylation is 1. The second kappa shape index (κ2) is 2.84. The summed E-state index contributed by atoms with van der Waals surface area (Å²) in [6.07, 6.45) is 2.34. The van der Waals surface area contributed by atoms with Crippen molar-refractivity contribution in [3.05, 3.63) is 28.4 Å². The molecule has 0 bridgehead atoms. The Kier molecular flexibility index (Phi) is 2.05. The lowest BCUT2D eigenvalue weighted by Gasteiger charge is -1.95. The zero-order valence-corrected chi connectivity index (χ0v) is 6.50. The van der Waals surface area contributed by atoms with Gasteiger partial charge in [-0.3, -0.25) is 9.59 Å². The van der Waals surface area contributed by atoms with Crippen LogP contribution in [-0.2, 0) is 7.05 Å². The van der Waals surface area contributed by atoms with Crippen molar-refractivity contribution in [1.82, 2.24) is 9.55 Å². The van der Waals surface area contributed by atoms with Crippen LogP contribution in [0.5, 0.6) is 0 Å². The van der Waals surface area contributed by atoms with Crippen LogP contribution in [0.25, 0.3) is 0 Å². The van der Waals surface area contributed by atoms with Crippen molar-refractivity contribution in [3.8, 4) is 0 Å². The molecule has 0 aliphatic rings. The highest BCUT2D eigenvalue weighted by atomic mass is 35.5. The summed E-state index contributed by atoms with van der Waals surface area (Å²) in [7, 11) is 1.52. The average molecular weight is 173 g/mol. The van der Waals surface area contributed by atoms with Crippen LogP contribution in [0.4, 0.5) is 0 Å². The highest BCUT2D eigenvalue weighted by Gasteiger charge is 2.02. The van der Waals surface area contributed by atoms with Gasteiger partial charge in [-0.1, -0.05) is 0 Å². The quantitative estimate of drug-likeness (QED) is 0.567. The molecule has 0 atom stereocenters. The monoisotopic (exact) mass is 172 g/mol. The van der Waals surface area contributed by atoms with Crippen molar-refractivity contribution in [2.75, 3.05) is 0 Å². The standard InChI is InChI=1S/C6H5ClN2O2/c1-9-3-4(6(7)11)8-2-5(9)10/h2-3H,1H3. The first kappa shape index (κ1) is 7.94. The van der Waals surface area contributed by atoms with E-state index in [1.165, 1.54) is 17.8 Å². The summed E-state index contributed by atoms with van der Waals surface area (Å²) in [4.78, 5) is 24.8. The van der Waals surface area contributed by atoms with Gasteiger partial charge < -0.3 is 4.57 Å². The summed E-state index contributed by atoms with van der Waals surface area (Å²) in [5, 5.41) is -0.666. The molecule has 0 fully saturated rings. The molecule has 0 N–H and O–H groups in total. The van der Waals surface area contributed by atoms with Gasteiger partial charge in [-0.25, -0.2) is 4.98 Å². The highest BCUT2D eigenvalue weighted by Crippen LogP contribution is 1.94. The van der Waals surface area contributed by atoms with Crippen molar-refractivity contribution >= 4 is 16.8 Å². The van der Waals surface area contributed by atoms with Gasteiger partial charge in [0.2, 0.25) is 0 Å². The largest absolute Gasteiger partial charge is 0.315 e. The minimum Gasteiger partial charge on any atom is -0.315 e. The lowest BCUT2D eigenvalue weighted by molar-refractivity contribution is 0.107. The summed E-state index contributed by atoms with van der Waals surface area (Å²) < 4.78 is 1.24. The summed E-state index contributed by atoms with van der Waals surface area (Å²) >= 11 is 5.11. The van der Waals surface area contributed by atoms with Crippen molar-refractivity contribution in [3.63, 3.8) is 0 Å². The van der Waals surface area contributed by atoms with Crippen molar-refractivity contribution in [2.45, 2.75) is 0 Å². The molecule has 1 aromatic rings. The van der Waals surface area contributed by atoms with Crippen LogP contribution in [0.2, 0.25) is 0 Å². The van der Waals surface area contributed by atoms with Crippen LogP contribution in [0, 0.1) is 0 Å². The average Bonchev–Trinajstić information content (AvgIpc) is 1.94. The van der Waals surface area contributed by atoms with Crippen LogP contribution in [0.1, 0.15) is 10.5 Å². The Morgan fingerprint density at radius 2 is 2.36 bits per heavy atom.